The van der Waals surface area contributed by atoms with Gasteiger partial charge < -0.3 is 10.9 Å². The fourth-order valence-corrected chi connectivity index (χ4v) is 2.32. The molecule has 2 aromatic rings. The van der Waals surface area contributed by atoms with Crippen LogP contribution in [0.15, 0.2) is 51.7 Å². The van der Waals surface area contributed by atoms with Crippen molar-refractivity contribution in [2.45, 2.75) is 6.54 Å². The maximum absolute atomic E-state index is 9.79. The van der Waals surface area contributed by atoms with Gasteiger partial charge in [0.15, 0.2) is 5.84 Å². The van der Waals surface area contributed by atoms with Crippen molar-refractivity contribution in [1.82, 2.24) is 0 Å². The molecule has 2 rings (SSSR count). The number of amidine groups is 1. The first-order valence-corrected chi connectivity index (χ1v) is 7.23. The number of hydrogen-bond donors (Lipinski definition) is 2. The molecule has 22 heavy (non-hydrogen) atoms. The molecule has 8 heteroatoms. The van der Waals surface area contributed by atoms with E-state index in [0.29, 0.717) is 26.2 Å². The summed E-state index contributed by atoms with van der Waals surface area (Å²) in [4.78, 5) is 4.27. The largest absolute Gasteiger partial charge is 0.508 e. The molecule has 0 fully saturated rings. The Labute approximate surface area is 142 Å². The molecule has 5 nitrogen and oxygen atoms in total. The third kappa shape index (κ3) is 3.88. The lowest BCUT2D eigenvalue weighted by molar-refractivity contribution is 0.468. The number of halogens is 3. The Kier molecular flexibility index (Phi) is 5.60. The van der Waals surface area contributed by atoms with Crippen molar-refractivity contribution in [2.24, 2.45) is 21.2 Å². The van der Waals surface area contributed by atoms with Gasteiger partial charge in [0.05, 0.1) is 16.6 Å². The first-order valence-electron chi connectivity index (χ1n) is 6.10. The van der Waals surface area contributed by atoms with E-state index in [2.05, 4.69) is 15.3 Å². The molecule has 0 atom stereocenters. The fourth-order valence-electron chi connectivity index (χ4n) is 1.74. The Morgan fingerprint density at radius 2 is 1.91 bits per heavy atom. The van der Waals surface area contributed by atoms with Gasteiger partial charge in [0.2, 0.25) is 0 Å². The molecule has 0 aliphatic carbocycles. The Morgan fingerprint density at radius 3 is 2.64 bits per heavy atom. The van der Waals surface area contributed by atoms with E-state index >= 15 is 0 Å². The van der Waals surface area contributed by atoms with E-state index in [1.165, 1.54) is 6.07 Å². The molecule has 2 aromatic carbocycles. The summed E-state index contributed by atoms with van der Waals surface area (Å²) in [5, 5.41) is 17.9. The van der Waals surface area contributed by atoms with Crippen molar-refractivity contribution in [3.63, 3.8) is 0 Å². The molecule has 0 saturated carbocycles. The van der Waals surface area contributed by atoms with E-state index in [0.717, 1.165) is 0 Å². The summed E-state index contributed by atoms with van der Waals surface area (Å²) in [6, 6.07) is 9.73. The average Bonchev–Trinajstić information content (AvgIpc) is 2.50. The molecule has 0 bridgehead atoms. The lowest BCUT2D eigenvalue weighted by atomic mass is 10.2. The van der Waals surface area contributed by atoms with Crippen LogP contribution in [0.2, 0.25) is 15.1 Å². The molecule has 0 amide bonds. The topological polar surface area (TPSA) is 83.3 Å². The molecule has 0 radical (unpaired) electrons. The second kappa shape index (κ2) is 7.45. The quantitative estimate of drug-likeness (QED) is 0.276. The molecule has 0 unspecified atom stereocenters. The van der Waals surface area contributed by atoms with Crippen LogP contribution in [0, 0.1) is 0 Å². The van der Waals surface area contributed by atoms with Crippen LogP contribution in [0.5, 0.6) is 5.75 Å². The molecule has 3 N–H and O–H groups in total. The number of phenolic OH excluding ortho intramolecular Hbond substituents is 1. The maximum atomic E-state index is 9.79. The zero-order chi connectivity index (χ0) is 16.1. The number of nitrogens with zero attached hydrogens (tertiary/aromatic N) is 3. The summed E-state index contributed by atoms with van der Waals surface area (Å²) in [7, 11) is 0. The van der Waals surface area contributed by atoms with Gasteiger partial charge in [0.1, 0.15) is 5.75 Å². The van der Waals surface area contributed by atoms with Crippen molar-refractivity contribution >= 4 is 40.6 Å². The zero-order valence-corrected chi connectivity index (χ0v) is 13.4. The molecular formula is C14H11Cl3N4O. The van der Waals surface area contributed by atoms with Crippen molar-refractivity contribution in [2.75, 3.05) is 0 Å². The van der Waals surface area contributed by atoms with Crippen molar-refractivity contribution < 1.29 is 5.11 Å². The summed E-state index contributed by atoms with van der Waals surface area (Å²) in [5.74, 6) is 5.39. The number of nitrogens with two attached hydrogens (primary N) is 1. The van der Waals surface area contributed by atoms with Crippen LogP contribution in [0.3, 0.4) is 0 Å². The van der Waals surface area contributed by atoms with Gasteiger partial charge in [-0.1, -0.05) is 46.1 Å². The van der Waals surface area contributed by atoms with Crippen molar-refractivity contribution in [1.29, 1.82) is 0 Å². The Balaban J connectivity index is 2.39. The highest BCUT2D eigenvalue weighted by Gasteiger charge is 2.11. The van der Waals surface area contributed by atoms with Crippen LogP contribution < -0.4 is 5.84 Å². The molecule has 0 saturated heterocycles. The van der Waals surface area contributed by atoms with E-state index in [4.69, 9.17) is 40.6 Å². The minimum atomic E-state index is 0.0781. The zero-order valence-electron chi connectivity index (χ0n) is 11.2. The summed E-state index contributed by atoms with van der Waals surface area (Å²) >= 11 is 18.0. The summed E-state index contributed by atoms with van der Waals surface area (Å²) < 4.78 is 0. The molecule has 114 valence electrons. The first kappa shape index (κ1) is 16.5. The van der Waals surface area contributed by atoms with Crippen LogP contribution in [-0.2, 0) is 6.54 Å². The lowest BCUT2D eigenvalue weighted by Crippen LogP contribution is -2.00. The minimum absolute atomic E-state index is 0.0781. The predicted octanol–water partition coefficient (Wildman–Crippen LogP) is 4.63. The second-order valence-electron chi connectivity index (χ2n) is 4.23. The van der Waals surface area contributed by atoms with E-state index < -0.39 is 0 Å². The van der Waals surface area contributed by atoms with Gasteiger partial charge in [-0.3, -0.25) is 4.99 Å². The Morgan fingerprint density at radius 1 is 1.14 bits per heavy atom. The van der Waals surface area contributed by atoms with Crippen LogP contribution >= 0.6 is 34.8 Å². The number of aliphatic imine (C=N–C) groups is 1. The van der Waals surface area contributed by atoms with Gasteiger partial charge in [-0.05, 0) is 30.3 Å². The average molecular weight is 358 g/mol. The van der Waals surface area contributed by atoms with E-state index in [9.17, 15) is 5.11 Å². The van der Waals surface area contributed by atoms with Gasteiger partial charge in [-0.2, -0.15) is 0 Å². The van der Waals surface area contributed by atoms with Crippen LogP contribution in [0.25, 0.3) is 0 Å². The molecule has 0 aromatic heterocycles. The molecular weight excluding hydrogens is 347 g/mol. The van der Waals surface area contributed by atoms with Gasteiger partial charge in [0.25, 0.3) is 0 Å². The summed E-state index contributed by atoms with van der Waals surface area (Å²) in [6.07, 6.45) is 0. The number of hydrogen-bond acceptors (Lipinski definition) is 3. The Hall–Kier alpha value is -1.82. The number of phenols is 1. The molecule has 0 heterocycles. The summed E-state index contributed by atoms with van der Waals surface area (Å²) in [6.45, 7) is 0.129. The van der Waals surface area contributed by atoms with Crippen molar-refractivity contribution in [3.8, 4) is 5.75 Å². The minimum Gasteiger partial charge on any atom is -0.508 e. The van der Waals surface area contributed by atoms with E-state index in [1.807, 2.05) is 0 Å². The van der Waals surface area contributed by atoms with Gasteiger partial charge >= 0.3 is 0 Å². The normalized spacial score (nSPS) is 12.0. The smallest absolute Gasteiger partial charge is 0.180 e. The van der Waals surface area contributed by atoms with Crippen LogP contribution in [0.4, 0.5) is 0 Å². The third-order valence-corrected chi connectivity index (χ3v) is 3.84. The van der Waals surface area contributed by atoms with E-state index in [-0.39, 0.29) is 18.1 Å². The second-order valence-corrected chi connectivity index (χ2v) is 5.45. The Bertz CT molecular complexity index is 747. The number of aromatic hydroxyl groups is 1. The molecule has 0 spiro atoms. The fraction of sp³-hybridized carbons (Fsp3) is 0.0714. The standard InChI is InChI=1S/C14H11Cl3N4O/c15-9-4-5-12(22)8(6-9)7-19-14(20-21-18)10-2-1-3-11(16)13(10)17/h1-6,22H,7H2,(H2,18,19,20). The van der Waals surface area contributed by atoms with Gasteiger partial charge in [-0.25, -0.2) is 0 Å². The predicted molar refractivity (Wildman–Crippen MR) is 88.9 cm³/mol. The number of benzene rings is 2. The molecule has 0 aliphatic rings. The lowest BCUT2D eigenvalue weighted by Gasteiger charge is -2.06. The summed E-state index contributed by atoms with van der Waals surface area (Å²) in [5.41, 5.74) is 1.03. The van der Waals surface area contributed by atoms with Gasteiger partial charge in [-0.15, -0.1) is 5.11 Å². The highest BCUT2D eigenvalue weighted by Crippen LogP contribution is 2.27. The SMILES string of the molecule is NN=NC(=NCc1cc(Cl)ccc1O)c1cccc(Cl)c1Cl. The number of rotatable bonds is 3. The third-order valence-electron chi connectivity index (χ3n) is 2.79. The van der Waals surface area contributed by atoms with Crippen LogP contribution in [0.1, 0.15) is 11.1 Å². The highest BCUT2D eigenvalue weighted by atomic mass is 35.5. The van der Waals surface area contributed by atoms with Crippen molar-refractivity contribution in [3.05, 3.63) is 62.6 Å². The highest BCUT2D eigenvalue weighted by molar-refractivity contribution is 6.44. The maximum Gasteiger partial charge on any atom is 0.180 e. The monoisotopic (exact) mass is 356 g/mol. The first-order chi connectivity index (χ1) is 10.5. The van der Waals surface area contributed by atoms with Gasteiger partial charge in [0, 0.05) is 16.1 Å². The molecule has 0 aliphatic heterocycles. The van der Waals surface area contributed by atoms with E-state index in [1.54, 1.807) is 30.3 Å². The van der Waals surface area contributed by atoms with Crippen LogP contribution in [-0.4, -0.2) is 10.9 Å².